The number of rotatable bonds is 5. The lowest BCUT2D eigenvalue weighted by Crippen LogP contribution is -2.26. The number of para-hydroxylation sites is 1. The molecule has 1 aromatic carbocycles. The van der Waals surface area contributed by atoms with Gasteiger partial charge in [-0.25, -0.2) is 0 Å². The number of methoxy groups -OCH3 is 1. The Hall–Kier alpha value is -1.46. The number of nitrogens with one attached hydrogen (secondary N) is 1. The van der Waals surface area contributed by atoms with Crippen molar-refractivity contribution in [1.82, 2.24) is 5.32 Å². The molecule has 1 aliphatic rings. The first-order valence-electron chi connectivity index (χ1n) is 6.19. The van der Waals surface area contributed by atoms with Crippen LogP contribution in [0.15, 0.2) is 24.3 Å². The van der Waals surface area contributed by atoms with Gasteiger partial charge in [0.1, 0.15) is 0 Å². The molecule has 0 saturated heterocycles. The first-order chi connectivity index (χ1) is 8.70. The molecule has 1 fully saturated rings. The highest BCUT2D eigenvalue weighted by Gasteiger charge is 2.24. The summed E-state index contributed by atoms with van der Waals surface area (Å²) in [5.41, 5.74) is 0.926. The first-order valence-corrected chi connectivity index (χ1v) is 6.19. The van der Waals surface area contributed by atoms with Gasteiger partial charge in [-0.3, -0.25) is 10.1 Å². The van der Waals surface area contributed by atoms with Gasteiger partial charge in [0.15, 0.2) is 0 Å². The predicted octanol–water partition coefficient (Wildman–Crippen LogP) is 2.25. The third-order valence-corrected chi connectivity index (χ3v) is 3.49. The predicted molar refractivity (Wildman–Crippen MR) is 68.4 cm³/mol. The van der Waals surface area contributed by atoms with Crippen LogP contribution in [0.1, 0.15) is 24.8 Å². The van der Waals surface area contributed by atoms with Crippen LogP contribution >= 0.6 is 0 Å². The number of nitrogens with zero attached hydrogens (tertiary/aromatic N) is 1. The first kappa shape index (κ1) is 13.0. The van der Waals surface area contributed by atoms with Gasteiger partial charge in [0.25, 0.3) is 5.69 Å². The summed E-state index contributed by atoms with van der Waals surface area (Å²) in [7, 11) is 1.73. The second-order valence-corrected chi connectivity index (χ2v) is 4.63. The lowest BCUT2D eigenvalue weighted by atomic mass is 10.1. The highest BCUT2D eigenvalue weighted by Crippen LogP contribution is 2.23. The fourth-order valence-electron chi connectivity index (χ4n) is 2.43. The standard InChI is InChI=1S/C13H18N2O3/c1-18-12-7-6-11(8-12)14-9-10-4-2-3-5-13(10)15(16)17/h2-5,11-12,14H,6-9H2,1H3. The summed E-state index contributed by atoms with van der Waals surface area (Å²) in [4.78, 5) is 10.5. The van der Waals surface area contributed by atoms with Crippen molar-refractivity contribution < 1.29 is 9.66 Å². The molecule has 0 spiro atoms. The summed E-state index contributed by atoms with van der Waals surface area (Å²) in [6, 6.07) is 7.27. The molecule has 1 N–H and O–H groups in total. The minimum Gasteiger partial charge on any atom is -0.381 e. The van der Waals surface area contributed by atoms with Gasteiger partial charge in [0.05, 0.1) is 11.0 Å². The molecule has 1 aromatic rings. The normalized spacial score (nSPS) is 23.2. The average molecular weight is 250 g/mol. The van der Waals surface area contributed by atoms with Crippen LogP contribution in [0.25, 0.3) is 0 Å². The summed E-state index contributed by atoms with van der Waals surface area (Å²) in [6.45, 7) is 0.540. The van der Waals surface area contributed by atoms with Gasteiger partial charge in [-0.2, -0.15) is 0 Å². The van der Waals surface area contributed by atoms with Crippen LogP contribution in [0.3, 0.4) is 0 Å². The van der Waals surface area contributed by atoms with Crippen LogP contribution in [0.2, 0.25) is 0 Å². The van der Waals surface area contributed by atoms with Crippen LogP contribution in [-0.2, 0) is 11.3 Å². The van der Waals surface area contributed by atoms with E-state index in [1.807, 2.05) is 6.07 Å². The molecule has 0 aromatic heterocycles. The molecule has 0 bridgehead atoms. The Morgan fingerprint density at radius 1 is 1.44 bits per heavy atom. The second-order valence-electron chi connectivity index (χ2n) is 4.63. The van der Waals surface area contributed by atoms with Crippen LogP contribution in [0.5, 0.6) is 0 Å². The van der Waals surface area contributed by atoms with E-state index in [4.69, 9.17) is 4.74 Å². The summed E-state index contributed by atoms with van der Waals surface area (Å²) >= 11 is 0. The van der Waals surface area contributed by atoms with Crippen molar-refractivity contribution in [3.05, 3.63) is 39.9 Å². The molecule has 5 nitrogen and oxygen atoms in total. The van der Waals surface area contributed by atoms with Gasteiger partial charge in [-0.15, -0.1) is 0 Å². The Morgan fingerprint density at radius 2 is 2.22 bits per heavy atom. The van der Waals surface area contributed by atoms with Crippen LogP contribution in [0.4, 0.5) is 5.69 Å². The van der Waals surface area contributed by atoms with Gasteiger partial charge in [0.2, 0.25) is 0 Å². The van der Waals surface area contributed by atoms with Crippen molar-refractivity contribution in [3.63, 3.8) is 0 Å². The maximum Gasteiger partial charge on any atom is 0.273 e. The lowest BCUT2D eigenvalue weighted by molar-refractivity contribution is -0.385. The fraction of sp³-hybridized carbons (Fsp3) is 0.538. The van der Waals surface area contributed by atoms with Gasteiger partial charge in [0, 0.05) is 31.3 Å². The lowest BCUT2D eigenvalue weighted by Gasteiger charge is -2.12. The third-order valence-electron chi connectivity index (χ3n) is 3.49. The highest BCUT2D eigenvalue weighted by atomic mass is 16.6. The van der Waals surface area contributed by atoms with E-state index in [2.05, 4.69) is 5.32 Å². The highest BCUT2D eigenvalue weighted by molar-refractivity contribution is 5.39. The molecule has 0 aliphatic heterocycles. The van der Waals surface area contributed by atoms with Gasteiger partial charge < -0.3 is 10.1 Å². The summed E-state index contributed by atoms with van der Waals surface area (Å²) in [6.07, 6.45) is 3.44. The molecule has 98 valence electrons. The number of benzene rings is 1. The largest absolute Gasteiger partial charge is 0.381 e. The van der Waals surface area contributed by atoms with E-state index in [0.717, 1.165) is 24.8 Å². The zero-order valence-electron chi connectivity index (χ0n) is 10.5. The summed E-state index contributed by atoms with van der Waals surface area (Å²) < 4.78 is 5.31. The van der Waals surface area contributed by atoms with Crippen molar-refractivity contribution in [2.45, 2.75) is 38.0 Å². The summed E-state index contributed by atoms with van der Waals surface area (Å²) in [5, 5.41) is 14.2. The number of ether oxygens (including phenoxy) is 1. The molecule has 2 atom stereocenters. The Balaban J connectivity index is 1.92. The Kier molecular flexibility index (Phi) is 4.28. The molecule has 2 rings (SSSR count). The molecular formula is C13H18N2O3. The Bertz CT molecular complexity index is 422. The van der Waals surface area contributed by atoms with Crippen molar-refractivity contribution in [3.8, 4) is 0 Å². The molecule has 0 amide bonds. The van der Waals surface area contributed by atoms with Crippen molar-refractivity contribution >= 4 is 5.69 Å². The van der Waals surface area contributed by atoms with Crippen LogP contribution in [0, 0.1) is 10.1 Å². The van der Waals surface area contributed by atoms with E-state index in [-0.39, 0.29) is 10.6 Å². The van der Waals surface area contributed by atoms with Crippen LogP contribution < -0.4 is 5.32 Å². The summed E-state index contributed by atoms with van der Waals surface area (Å²) in [5.74, 6) is 0. The minimum absolute atomic E-state index is 0.186. The van der Waals surface area contributed by atoms with Gasteiger partial charge in [-0.1, -0.05) is 18.2 Å². The monoisotopic (exact) mass is 250 g/mol. The van der Waals surface area contributed by atoms with Crippen molar-refractivity contribution in [1.29, 1.82) is 0 Å². The van der Waals surface area contributed by atoms with Crippen molar-refractivity contribution in [2.24, 2.45) is 0 Å². The molecule has 2 unspecified atom stereocenters. The SMILES string of the molecule is COC1CCC(NCc2ccccc2[N+](=O)[O-])C1. The minimum atomic E-state index is -0.330. The fourth-order valence-corrected chi connectivity index (χ4v) is 2.43. The molecule has 0 radical (unpaired) electrons. The molecule has 18 heavy (non-hydrogen) atoms. The van der Waals surface area contributed by atoms with Crippen LogP contribution in [-0.4, -0.2) is 24.2 Å². The topological polar surface area (TPSA) is 64.4 Å². The molecule has 0 heterocycles. The molecule has 1 saturated carbocycles. The number of hydrogen-bond acceptors (Lipinski definition) is 4. The van der Waals surface area contributed by atoms with E-state index in [1.54, 1.807) is 25.3 Å². The number of nitro groups is 1. The quantitative estimate of drug-likeness (QED) is 0.643. The van der Waals surface area contributed by atoms with Gasteiger partial charge >= 0.3 is 0 Å². The zero-order chi connectivity index (χ0) is 13.0. The maximum atomic E-state index is 10.9. The molecule has 1 aliphatic carbocycles. The maximum absolute atomic E-state index is 10.9. The zero-order valence-corrected chi connectivity index (χ0v) is 10.5. The third kappa shape index (κ3) is 3.05. The number of nitro benzene ring substituents is 1. The van der Waals surface area contributed by atoms with E-state index >= 15 is 0 Å². The van der Waals surface area contributed by atoms with E-state index in [9.17, 15) is 10.1 Å². The van der Waals surface area contributed by atoms with Crippen molar-refractivity contribution in [2.75, 3.05) is 7.11 Å². The Labute approximate surface area is 106 Å². The number of hydrogen-bond donors (Lipinski definition) is 1. The van der Waals surface area contributed by atoms with E-state index in [0.29, 0.717) is 18.7 Å². The van der Waals surface area contributed by atoms with E-state index in [1.165, 1.54) is 0 Å². The average Bonchev–Trinajstić information content (AvgIpc) is 2.84. The van der Waals surface area contributed by atoms with E-state index < -0.39 is 0 Å². The molecular weight excluding hydrogens is 232 g/mol. The molecule has 5 heteroatoms. The Morgan fingerprint density at radius 3 is 2.89 bits per heavy atom. The van der Waals surface area contributed by atoms with Gasteiger partial charge in [-0.05, 0) is 19.3 Å². The second kappa shape index (κ2) is 5.93. The smallest absolute Gasteiger partial charge is 0.273 e.